The van der Waals surface area contributed by atoms with E-state index in [4.69, 9.17) is 4.74 Å². The summed E-state index contributed by atoms with van der Waals surface area (Å²) < 4.78 is 4.85. The number of benzene rings is 2. The van der Waals surface area contributed by atoms with Gasteiger partial charge in [-0.2, -0.15) is 0 Å². The molecule has 6 heteroatoms. The number of nitrogens with zero attached hydrogens (tertiary/aromatic N) is 1. The number of rotatable bonds is 5. The maximum Gasteiger partial charge on any atom is 0.323 e. The lowest BCUT2D eigenvalue weighted by Crippen LogP contribution is -2.36. The highest BCUT2D eigenvalue weighted by atomic mass is 16.5. The van der Waals surface area contributed by atoms with Crippen LogP contribution in [-0.2, 0) is 16.1 Å². The van der Waals surface area contributed by atoms with Crippen LogP contribution < -0.4 is 5.32 Å². The van der Waals surface area contributed by atoms with Crippen molar-refractivity contribution in [2.24, 2.45) is 0 Å². The van der Waals surface area contributed by atoms with Crippen LogP contribution in [0.4, 0.5) is 5.69 Å². The molecule has 2 atom stereocenters. The zero-order valence-corrected chi connectivity index (χ0v) is 16.4. The van der Waals surface area contributed by atoms with E-state index in [1.54, 1.807) is 6.07 Å². The number of esters is 1. The van der Waals surface area contributed by atoms with E-state index in [2.05, 4.69) is 5.32 Å². The van der Waals surface area contributed by atoms with Crippen molar-refractivity contribution in [2.75, 3.05) is 19.0 Å². The Bertz CT molecular complexity index is 860. The van der Waals surface area contributed by atoms with Crippen LogP contribution in [0.25, 0.3) is 0 Å². The Morgan fingerprint density at radius 3 is 2.54 bits per heavy atom. The van der Waals surface area contributed by atoms with Crippen molar-refractivity contribution in [2.45, 2.75) is 39.0 Å². The Morgan fingerprint density at radius 2 is 1.86 bits per heavy atom. The minimum atomic E-state index is -0.556. The van der Waals surface area contributed by atoms with Gasteiger partial charge >= 0.3 is 5.97 Å². The van der Waals surface area contributed by atoms with Crippen LogP contribution in [0, 0.1) is 13.8 Å². The number of para-hydroxylation sites is 1. The first-order valence-electron chi connectivity index (χ1n) is 9.35. The van der Waals surface area contributed by atoms with E-state index in [0.29, 0.717) is 25.1 Å². The molecule has 1 amide bonds. The maximum atomic E-state index is 12.7. The molecule has 148 valence electrons. The van der Waals surface area contributed by atoms with Gasteiger partial charge in [-0.1, -0.05) is 30.3 Å². The van der Waals surface area contributed by atoms with Gasteiger partial charge < -0.3 is 15.2 Å². The maximum absolute atomic E-state index is 12.7. The number of aliphatic hydroxyl groups is 1. The molecule has 0 spiro atoms. The van der Waals surface area contributed by atoms with E-state index in [9.17, 15) is 14.7 Å². The molecule has 1 fully saturated rings. The van der Waals surface area contributed by atoms with Gasteiger partial charge in [0, 0.05) is 30.8 Å². The van der Waals surface area contributed by atoms with E-state index < -0.39 is 12.1 Å². The van der Waals surface area contributed by atoms with Gasteiger partial charge in [0.25, 0.3) is 5.91 Å². The smallest absolute Gasteiger partial charge is 0.323 e. The Morgan fingerprint density at radius 1 is 1.18 bits per heavy atom. The number of nitrogens with one attached hydrogen (secondary N) is 1. The van der Waals surface area contributed by atoms with Gasteiger partial charge in [-0.15, -0.1) is 0 Å². The number of carbonyl (C=O) groups excluding carboxylic acids is 2. The number of aryl methyl sites for hydroxylation is 2. The number of β-amino-alcohol motifs (C(OH)–C–C–N with tert-alkyl or cyclic N) is 1. The fourth-order valence-corrected chi connectivity index (χ4v) is 3.68. The zero-order chi connectivity index (χ0) is 20.3. The lowest BCUT2D eigenvalue weighted by Gasteiger charge is -2.22. The summed E-state index contributed by atoms with van der Waals surface area (Å²) >= 11 is 0. The van der Waals surface area contributed by atoms with Gasteiger partial charge in [0.2, 0.25) is 0 Å². The lowest BCUT2D eigenvalue weighted by molar-refractivity contribution is -0.146. The second kappa shape index (κ2) is 8.54. The van der Waals surface area contributed by atoms with Crippen LogP contribution >= 0.6 is 0 Å². The molecule has 0 unspecified atom stereocenters. The number of aliphatic hydroxyl groups excluding tert-OH is 1. The second-order valence-electron chi connectivity index (χ2n) is 7.28. The molecule has 6 nitrogen and oxygen atoms in total. The highest BCUT2D eigenvalue weighted by Gasteiger charge is 2.36. The number of hydrogen-bond acceptors (Lipinski definition) is 5. The molecule has 2 aromatic carbocycles. The van der Waals surface area contributed by atoms with Crippen LogP contribution in [0.1, 0.15) is 33.5 Å². The third kappa shape index (κ3) is 4.40. The average molecular weight is 382 g/mol. The van der Waals surface area contributed by atoms with Crippen molar-refractivity contribution in [1.29, 1.82) is 0 Å². The Labute approximate surface area is 165 Å². The molecule has 0 saturated carbocycles. The molecule has 28 heavy (non-hydrogen) atoms. The highest BCUT2D eigenvalue weighted by Crippen LogP contribution is 2.23. The topological polar surface area (TPSA) is 78.9 Å². The average Bonchev–Trinajstić information content (AvgIpc) is 3.04. The number of amides is 1. The molecule has 1 saturated heterocycles. The largest absolute Gasteiger partial charge is 0.468 e. The minimum Gasteiger partial charge on any atom is -0.468 e. The van der Waals surface area contributed by atoms with E-state index in [-0.39, 0.29) is 11.9 Å². The SMILES string of the molecule is COC(=O)[C@@H]1C[C@@H](O)CN1Cc1cccc(C(=O)Nc2c(C)cccc2C)c1. The van der Waals surface area contributed by atoms with Crippen molar-refractivity contribution in [3.05, 3.63) is 64.7 Å². The first-order valence-corrected chi connectivity index (χ1v) is 9.35. The minimum absolute atomic E-state index is 0.176. The van der Waals surface area contributed by atoms with E-state index in [1.165, 1.54) is 7.11 Å². The molecule has 1 heterocycles. The molecule has 1 aliphatic heterocycles. The van der Waals surface area contributed by atoms with Gasteiger partial charge in [-0.3, -0.25) is 14.5 Å². The van der Waals surface area contributed by atoms with Crippen LogP contribution in [0.5, 0.6) is 0 Å². The summed E-state index contributed by atoms with van der Waals surface area (Å²) in [5, 5.41) is 12.9. The molecule has 3 rings (SSSR count). The molecule has 2 N–H and O–H groups in total. The standard InChI is InChI=1S/C22H26N2O4/c1-14-6-4-7-15(2)20(14)23-21(26)17-9-5-8-16(10-17)12-24-13-18(25)11-19(24)22(27)28-3/h4-10,18-19,25H,11-13H2,1-3H3,(H,23,26)/t18-,19+/m1/s1. The third-order valence-corrected chi connectivity index (χ3v) is 5.15. The second-order valence-corrected chi connectivity index (χ2v) is 7.28. The van der Waals surface area contributed by atoms with E-state index >= 15 is 0 Å². The summed E-state index contributed by atoms with van der Waals surface area (Å²) in [6.45, 7) is 4.79. The van der Waals surface area contributed by atoms with Crippen molar-refractivity contribution >= 4 is 17.6 Å². The van der Waals surface area contributed by atoms with Crippen molar-refractivity contribution in [3.8, 4) is 0 Å². The molecule has 1 aliphatic rings. The monoisotopic (exact) mass is 382 g/mol. The summed E-state index contributed by atoms with van der Waals surface area (Å²) in [7, 11) is 1.35. The predicted octanol–water partition coefficient (Wildman–Crippen LogP) is 2.66. The number of likely N-dealkylation sites (tertiary alicyclic amines) is 1. The van der Waals surface area contributed by atoms with Crippen LogP contribution in [0.15, 0.2) is 42.5 Å². The third-order valence-electron chi connectivity index (χ3n) is 5.15. The van der Waals surface area contributed by atoms with Gasteiger partial charge in [-0.25, -0.2) is 0 Å². The highest BCUT2D eigenvalue weighted by molar-refractivity contribution is 6.05. The van der Waals surface area contributed by atoms with Crippen molar-refractivity contribution < 1.29 is 19.4 Å². The number of methoxy groups -OCH3 is 1. The summed E-state index contributed by atoms with van der Waals surface area (Å²) in [5.41, 5.74) is 4.30. The normalized spacial score (nSPS) is 19.4. The first-order chi connectivity index (χ1) is 13.4. The molecule has 0 bridgehead atoms. The molecular weight excluding hydrogens is 356 g/mol. The Balaban J connectivity index is 1.75. The Kier molecular flexibility index (Phi) is 6.11. The van der Waals surface area contributed by atoms with Gasteiger partial charge in [0.15, 0.2) is 0 Å². The number of ether oxygens (including phenoxy) is 1. The number of hydrogen-bond donors (Lipinski definition) is 2. The van der Waals surface area contributed by atoms with Crippen LogP contribution in [0.3, 0.4) is 0 Å². The fraction of sp³-hybridized carbons (Fsp3) is 0.364. The van der Waals surface area contributed by atoms with Gasteiger partial charge in [0.05, 0.1) is 13.2 Å². The molecular formula is C22H26N2O4. The number of anilines is 1. The molecule has 0 aliphatic carbocycles. The first kappa shape index (κ1) is 20.0. The summed E-state index contributed by atoms with van der Waals surface area (Å²) in [6, 6.07) is 12.7. The number of carbonyl (C=O) groups is 2. The lowest BCUT2D eigenvalue weighted by atomic mass is 10.1. The quantitative estimate of drug-likeness (QED) is 0.778. The van der Waals surface area contributed by atoms with Gasteiger partial charge in [0.1, 0.15) is 6.04 Å². The van der Waals surface area contributed by atoms with E-state index in [1.807, 2.05) is 55.1 Å². The molecule has 0 radical (unpaired) electrons. The zero-order valence-electron chi connectivity index (χ0n) is 16.4. The predicted molar refractivity (Wildman–Crippen MR) is 107 cm³/mol. The van der Waals surface area contributed by atoms with Crippen LogP contribution in [-0.4, -0.2) is 47.7 Å². The molecule has 0 aromatic heterocycles. The Hall–Kier alpha value is -2.70. The summed E-state index contributed by atoms with van der Waals surface area (Å²) in [5.74, 6) is -0.522. The molecule has 2 aromatic rings. The van der Waals surface area contributed by atoms with Gasteiger partial charge in [-0.05, 0) is 42.7 Å². The van der Waals surface area contributed by atoms with E-state index in [0.717, 1.165) is 22.4 Å². The van der Waals surface area contributed by atoms with Crippen molar-refractivity contribution in [3.63, 3.8) is 0 Å². The summed E-state index contributed by atoms with van der Waals surface area (Å²) in [4.78, 5) is 26.6. The fourth-order valence-electron chi connectivity index (χ4n) is 3.68. The summed E-state index contributed by atoms with van der Waals surface area (Å²) in [6.07, 6.45) is -0.195. The van der Waals surface area contributed by atoms with Crippen molar-refractivity contribution in [1.82, 2.24) is 4.90 Å². The van der Waals surface area contributed by atoms with Crippen LogP contribution in [0.2, 0.25) is 0 Å².